The number of rotatable bonds is 4. The molecule has 5 heteroatoms. The van der Waals surface area contributed by atoms with Crippen LogP contribution in [0.4, 0.5) is 0 Å². The summed E-state index contributed by atoms with van der Waals surface area (Å²) in [5.74, 6) is 5.56. The lowest BCUT2D eigenvalue weighted by atomic mass is 10.2. The average molecular weight is 276 g/mol. The van der Waals surface area contributed by atoms with Crippen LogP contribution < -0.4 is 0 Å². The third kappa shape index (κ3) is 3.67. The number of nitrogens with zero attached hydrogens (tertiary/aromatic N) is 2. The predicted octanol–water partition coefficient (Wildman–Crippen LogP) is 2.27. The number of aromatic nitrogens is 1. The molecule has 2 aromatic heterocycles. The fourth-order valence-electron chi connectivity index (χ4n) is 1.72. The molecule has 0 aliphatic heterocycles. The minimum atomic E-state index is -0.103. The summed E-state index contributed by atoms with van der Waals surface area (Å²) in [5.41, 5.74) is 1.89. The standard InChI is InChI=1S/C14H16N2O2S/c1-11(14-5-7-18-15-14)16(2)9-13-8-12(10-19-13)4-3-6-17/h5,7-8,10-11,17H,6,9H2,1-2H3. The molecule has 0 saturated heterocycles. The minimum absolute atomic E-state index is 0.103. The lowest BCUT2D eigenvalue weighted by molar-refractivity contribution is 0.243. The average Bonchev–Trinajstić information content (AvgIpc) is 3.06. The molecule has 1 unspecified atom stereocenters. The largest absolute Gasteiger partial charge is 0.384 e. The first-order valence-electron chi connectivity index (χ1n) is 5.98. The lowest BCUT2D eigenvalue weighted by Gasteiger charge is -2.21. The highest BCUT2D eigenvalue weighted by Crippen LogP contribution is 2.22. The first kappa shape index (κ1) is 13.8. The summed E-state index contributed by atoms with van der Waals surface area (Å²) in [7, 11) is 2.05. The van der Waals surface area contributed by atoms with Crippen LogP contribution in [-0.4, -0.2) is 28.8 Å². The van der Waals surface area contributed by atoms with E-state index in [1.165, 1.54) is 4.88 Å². The molecule has 19 heavy (non-hydrogen) atoms. The van der Waals surface area contributed by atoms with Crippen LogP contribution in [0.1, 0.15) is 29.1 Å². The summed E-state index contributed by atoms with van der Waals surface area (Å²) in [6, 6.07) is 4.14. The van der Waals surface area contributed by atoms with Crippen molar-refractivity contribution in [2.75, 3.05) is 13.7 Å². The molecule has 0 spiro atoms. The van der Waals surface area contributed by atoms with Crippen LogP contribution in [0.15, 0.2) is 28.3 Å². The van der Waals surface area contributed by atoms with Gasteiger partial charge in [-0.2, -0.15) is 0 Å². The van der Waals surface area contributed by atoms with Gasteiger partial charge in [0.25, 0.3) is 0 Å². The molecule has 1 N–H and O–H groups in total. The van der Waals surface area contributed by atoms with Crippen molar-refractivity contribution in [3.8, 4) is 11.8 Å². The van der Waals surface area contributed by atoms with Gasteiger partial charge in [-0.25, -0.2) is 0 Å². The molecule has 2 aromatic rings. The Hall–Kier alpha value is -1.61. The molecule has 0 aromatic carbocycles. The van der Waals surface area contributed by atoms with Gasteiger partial charge in [0.15, 0.2) is 0 Å². The second-order valence-corrected chi connectivity index (χ2v) is 5.27. The third-order valence-corrected chi connectivity index (χ3v) is 3.84. The summed E-state index contributed by atoms with van der Waals surface area (Å²) >= 11 is 1.67. The molecule has 0 aliphatic carbocycles. The number of hydrogen-bond acceptors (Lipinski definition) is 5. The van der Waals surface area contributed by atoms with Crippen molar-refractivity contribution in [2.45, 2.75) is 19.5 Å². The molecule has 0 fully saturated rings. The Morgan fingerprint density at radius 1 is 1.58 bits per heavy atom. The Bertz CT molecular complexity index is 566. The van der Waals surface area contributed by atoms with E-state index in [0.29, 0.717) is 0 Å². The summed E-state index contributed by atoms with van der Waals surface area (Å²) in [6.45, 7) is 2.83. The van der Waals surface area contributed by atoms with E-state index in [4.69, 9.17) is 9.63 Å². The summed E-state index contributed by atoms with van der Waals surface area (Å²) in [6.07, 6.45) is 1.59. The molecule has 0 saturated carbocycles. The zero-order chi connectivity index (χ0) is 13.7. The van der Waals surface area contributed by atoms with Gasteiger partial charge in [0.05, 0.1) is 6.04 Å². The monoisotopic (exact) mass is 276 g/mol. The van der Waals surface area contributed by atoms with E-state index in [0.717, 1.165) is 17.8 Å². The Labute approximate surface area is 116 Å². The summed E-state index contributed by atoms with van der Waals surface area (Å²) < 4.78 is 4.87. The van der Waals surface area contributed by atoms with Crippen molar-refractivity contribution in [3.63, 3.8) is 0 Å². The SMILES string of the molecule is CC(c1ccon1)N(C)Cc1cc(C#CCO)cs1. The van der Waals surface area contributed by atoms with E-state index in [1.807, 2.05) is 11.4 Å². The molecule has 4 nitrogen and oxygen atoms in total. The van der Waals surface area contributed by atoms with Crippen molar-refractivity contribution < 1.29 is 9.63 Å². The Morgan fingerprint density at radius 3 is 3.11 bits per heavy atom. The molecule has 0 radical (unpaired) electrons. The van der Waals surface area contributed by atoms with Crippen LogP contribution in [-0.2, 0) is 6.54 Å². The second-order valence-electron chi connectivity index (χ2n) is 4.28. The number of hydrogen-bond donors (Lipinski definition) is 1. The number of aliphatic hydroxyl groups is 1. The van der Waals surface area contributed by atoms with Gasteiger partial charge < -0.3 is 9.63 Å². The van der Waals surface area contributed by atoms with E-state index in [-0.39, 0.29) is 12.6 Å². The van der Waals surface area contributed by atoms with Crippen LogP contribution in [0.5, 0.6) is 0 Å². The van der Waals surface area contributed by atoms with Gasteiger partial charge in [-0.1, -0.05) is 17.0 Å². The number of aliphatic hydroxyl groups excluding tert-OH is 1. The van der Waals surface area contributed by atoms with E-state index in [2.05, 4.69) is 41.9 Å². The smallest absolute Gasteiger partial charge is 0.124 e. The van der Waals surface area contributed by atoms with E-state index in [1.54, 1.807) is 17.6 Å². The van der Waals surface area contributed by atoms with Crippen molar-refractivity contribution in [1.29, 1.82) is 0 Å². The van der Waals surface area contributed by atoms with E-state index >= 15 is 0 Å². The summed E-state index contributed by atoms with van der Waals surface area (Å²) in [4.78, 5) is 3.44. The lowest BCUT2D eigenvalue weighted by Crippen LogP contribution is -2.21. The molecule has 2 heterocycles. The van der Waals surface area contributed by atoms with E-state index in [9.17, 15) is 0 Å². The third-order valence-electron chi connectivity index (χ3n) is 2.92. The van der Waals surface area contributed by atoms with Gasteiger partial charge in [0, 0.05) is 28.4 Å². The van der Waals surface area contributed by atoms with Crippen LogP contribution in [0.2, 0.25) is 0 Å². The van der Waals surface area contributed by atoms with Crippen LogP contribution >= 0.6 is 11.3 Å². The van der Waals surface area contributed by atoms with Crippen LogP contribution in [0.3, 0.4) is 0 Å². The van der Waals surface area contributed by atoms with Gasteiger partial charge in [-0.05, 0) is 20.0 Å². The van der Waals surface area contributed by atoms with Gasteiger partial charge in [0.2, 0.25) is 0 Å². The molecular weight excluding hydrogens is 260 g/mol. The normalized spacial score (nSPS) is 12.2. The minimum Gasteiger partial charge on any atom is -0.384 e. The predicted molar refractivity (Wildman–Crippen MR) is 74.7 cm³/mol. The maximum atomic E-state index is 8.66. The van der Waals surface area contributed by atoms with Gasteiger partial charge >= 0.3 is 0 Å². The fourth-order valence-corrected chi connectivity index (χ4v) is 2.60. The molecule has 100 valence electrons. The van der Waals surface area contributed by atoms with Crippen molar-refractivity contribution in [3.05, 3.63) is 39.9 Å². The quantitative estimate of drug-likeness (QED) is 0.870. The van der Waals surface area contributed by atoms with Crippen molar-refractivity contribution >= 4 is 11.3 Å². The maximum absolute atomic E-state index is 8.66. The highest BCUT2D eigenvalue weighted by molar-refractivity contribution is 7.10. The topological polar surface area (TPSA) is 49.5 Å². The van der Waals surface area contributed by atoms with Gasteiger partial charge in [0.1, 0.15) is 18.6 Å². The second kappa shape index (κ2) is 6.53. The molecule has 0 aliphatic rings. The Kier molecular flexibility index (Phi) is 4.74. The van der Waals surface area contributed by atoms with Crippen LogP contribution in [0.25, 0.3) is 0 Å². The molecular formula is C14H16N2O2S. The van der Waals surface area contributed by atoms with Gasteiger partial charge in [-0.15, -0.1) is 11.3 Å². The first-order chi connectivity index (χ1) is 9.20. The zero-order valence-corrected chi connectivity index (χ0v) is 11.8. The Morgan fingerprint density at radius 2 is 2.42 bits per heavy atom. The molecule has 0 bridgehead atoms. The first-order valence-corrected chi connectivity index (χ1v) is 6.86. The van der Waals surface area contributed by atoms with Crippen LogP contribution in [0, 0.1) is 11.8 Å². The molecule has 1 atom stereocenters. The van der Waals surface area contributed by atoms with Crippen molar-refractivity contribution in [2.24, 2.45) is 0 Å². The summed E-state index contributed by atoms with van der Waals surface area (Å²) in [5, 5.41) is 14.6. The number of thiophene rings is 1. The Balaban J connectivity index is 1.98. The highest BCUT2D eigenvalue weighted by Gasteiger charge is 2.15. The fraction of sp³-hybridized carbons (Fsp3) is 0.357. The van der Waals surface area contributed by atoms with Crippen molar-refractivity contribution in [1.82, 2.24) is 10.1 Å². The van der Waals surface area contributed by atoms with Gasteiger partial charge in [-0.3, -0.25) is 4.90 Å². The highest BCUT2D eigenvalue weighted by atomic mass is 32.1. The van der Waals surface area contributed by atoms with E-state index < -0.39 is 0 Å². The maximum Gasteiger partial charge on any atom is 0.124 e. The molecule has 2 rings (SSSR count). The molecule has 0 amide bonds. The zero-order valence-electron chi connectivity index (χ0n) is 11.0.